The van der Waals surface area contributed by atoms with E-state index in [1.54, 1.807) is 18.2 Å². The quantitative estimate of drug-likeness (QED) is 0.674. The average molecular weight is 249 g/mol. The van der Waals surface area contributed by atoms with E-state index >= 15 is 0 Å². The highest BCUT2D eigenvalue weighted by Gasteiger charge is 2.24. The van der Waals surface area contributed by atoms with Crippen LogP contribution in [-0.4, -0.2) is 6.61 Å². The number of hydrogen-bond donors (Lipinski definition) is 0. The molecule has 1 aromatic carbocycles. The molecule has 0 atom stereocenters. The lowest BCUT2D eigenvalue weighted by Gasteiger charge is -2.22. The maximum atomic E-state index is 13.3. The van der Waals surface area contributed by atoms with Crippen molar-refractivity contribution in [1.82, 2.24) is 0 Å². The minimum absolute atomic E-state index is 0.251. The zero-order chi connectivity index (χ0) is 13.4. The van der Waals surface area contributed by atoms with Crippen LogP contribution >= 0.6 is 0 Å². The van der Waals surface area contributed by atoms with Gasteiger partial charge in [0.05, 0.1) is 18.1 Å². The van der Waals surface area contributed by atoms with Gasteiger partial charge in [0.25, 0.3) is 0 Å². The van der Waals surface area contributed by atoms with Gasteiger partial charge in [-0.2, -0.15) is 5.26 Å². The van der Waals surface area contributed by atoms with Crippen LogP contribution in [0.1, 0.15) is 39.5 Å². The Labute approximate surface area is 108 Å². The van der Waals surface area contributed by atoms with Gasteiger partial charge in [0.15, 0.2) is 11.6 Å². The van der Waals surface area contributed by atoms with Crippen LogP contribution in [0.25, 0.3) is 0 Å². The van der Waals surface area contributed by atoms with E-state index in [9.17, 15) is 9.65 Å². The lowest BCUT2D eigenvalue weighted by molar-refractivity contribution is 0.251. The highest BCUT2D eigenvalue weighted by molar-refractivity contribution is 5.23. The van der Waals surface area contributed by atoms with Crippen molar-refractivity contribution >= 4 is 0 Å². The predicted octanol–water partition coefficient (Wildman–Crippen LogP) is 4.31. The molecule has 0 heterocycles. The zero-order valence-corrected chi connectivity index (χ0v) is 11.1. The fraction of sp³-hybridized carbons (Fsp3) is 0.533. The van der Waals surface area contributed by atoms with Crippen molar-refractivity contribution in [2.24, 2.45) is 5.41 Å². The molecule has 0 aliphatic rings. The monoisotopic (exact) mass is 249 g/mol. The molecule has 0 saturated carbocycles. The number of halogens is 1. The van der Waals surface area contributed by atoms with Crippen LogP contribution in [-0.2, 0) is 0 Å². The minimum atomic E-state index is -0.338. The summed E-state index contributed by atoms with van der Waals surface area (Å²) in [6, 6.07) is 8.78. The molecule has 3 heteroatoms. The second kappa shape index (κ2) is 7.00. The molecule has 0 saturated heterocycles. The van der Waals surface area contributed by atoms with Gasteiger partial charge in [0, 0.05) is 0 Å². The first-order valence-electron chi connectivity index (χ1n) is 6.46. The number of benzene rings is 1. The molecule has 0 aromatic heterocycles. The van der Waals surface area contributed by atoms with Crippen LogP contribution in [0.2, 0.25) is 0 Å². The molecule has 1 rings (SSSR count). The SMILES string of the molecule is CCC(C#N)(CC)CCCOc1ccccc1F. The third-order valence-electron chi connectivity index (χ3n) is 3.48. The Bertz CT molecular complexity index is 407. The average Bonchev–Trinajstić information content (AvgIpc) is 2.42. The van der Waals surface area contributed by atoms with E-state index < -0.39 is 0 Å². The number of nitriles is 1. The Morgan fingerprint density at radius 1 is 1.28 bits per heavy atom. The molecule has 0 aliphatic heterocycles. The Kier molecular flexibility index (Phi) is 5.64. The molecule has 0 N–H and O–H groups in total. The van der Waals surface area contributed by atoms with Gasteiger partial charge in [0.2, 0.25) is 0 Å². The van der Waals surface area contributed by atoms with Crippen molar-refractivity contribution < 1.29 is 9.13 Å². The summed E-state index contributed by atoms with van der Waals surface area (Å²) in [6.45, 7) is 4.51. The van der Waals surface area contributed by atoms with Gasteiger partial charge < -0.3 is 4.74 Å². The van der Waals surface area contributed by atoms with Crippen molar-refractivity contribution in [3.8, 4) is 11.8 Å². The van der Waals surface area contributed by atoms with Gasteiger partial charge in [-0.1, -0.05) is 26.0 Å². The molecule has 0 fully saturated rings. The van der Waals surface area contributed by atoms with Crippen molar-refractivity contribution in [2.45, 2.75) is 39.5 Å². The summed E-state index contributed by atoms with van der Waals surface area (Å²) in [4.78, 5) is 0. The van der Waals surface area contributed by atoms with Gasteiger partial charge in [-0.05, 0) is 37.8 Å². The maximum Gasteiger partial charge on any atom is 0.165 e. The topological polar surface area (TPSA) is 33.0 Å². The number of hydrogen-bond acceptors (Lipinski definition) is 2. The summed E-state index contributed by atoms with van der Waals surface area (Å²) in [5.41, 5.74) is -0.251. The highest BCUT2D eigenvalue weighted by atomic mass is 19.1. The van der Waals surface area contributed by atoms with Crippen LogP contribution in [0.4, 0.5) is 4.39 Å². The zero-order valence-electron chi connectivity index (χ0n) is 11.1. The number of para-hydroxylation sites is 1. The van der Waals surface area contributed by atoms with Gasteiger partial charge in [-0.15, -0.1) is 0 Å². The number of ether oxygens (including phenoxy) is 1. The second-order valence-corrected chi connectivity index (χ2v) is 4.48. The number of nitrogens with zero attached hydrogens (tertiary/aromatic N) is 1. The first-order valence-corrected chi connectivity index (χ1v) is 6.46. The highest BCUT2D eigenvalue weighted by Crippen LogP contribution is 2.31. The Balaban J connectivity index is 2.40. The van der Waals surface area contributed by atoms with Gasteiger partial charge in [-0.25, -0.2) is 4.39 Å². The van der Waals surface area contributed by atoms with Crippen LogP contribution in [0.3, 0.4) is 0 Å². The molecule has 0 spiro atoms. The molecule has 0 bridgehead atoms. The second-order valence-electron chi connectivity index (χ2n) is 4.48. The van der Waals surface area contributed by atoms with Crippen LogP contribution in [0, 0.1) is 22.6 Å². The summed E-state index contributed by atoms with van der Waals surface area (Å²) in [5, 5.41) is 9.19. The summed E-state index contributed by atoms with van der Waals surface area (Å²) in [6.07, 6.45) is 3.26. The summed E-state index contributed by atoms with van der Waals surface area (Å²) in [5.74, 6) is -0.0527. The Morgan fingerprint density at radius 2 is 1.94 bits per heavy atom. The van der Waals surface area contributed by atoms with E-state index in [0.717, 1.165) is 25.7 Å². The van der Waals surface area contributed by atoms with E-state index in [0.29, 0.717) is 6.61 Å². The third kappa shape index (κ3) is 3.73. The van der Waals surface area contributed by atoms with Crippen LogP contribution in [0.5, 0.6) is 5.75 Å². The summed E-state index contributed by atoms with van der Waals surface area (Å²) in [7, 11) is 0. The molecule has 18 heavy (non-hydrogen) atoms. The predicted molar refractivity (Wildman–Crippen MR) is 69.8 cm³/mol. The van der Waals surface area contributed by atoms with E-state index in [4.69, 9.17) is 4.74 Å². The third-order valence-corrected chi connectivity index (χ3v) is 3.48. The van der Waals surface area contributed by atoms with Crippen LogP contribution < -0.4 is 4.74 Å². The Morgan fingerprint density at radius 3 is 2.50 bits per heavy atom. The van der Waals surface area contributed by atoms with Gasteiger partial charge in [-0.3, -0.25) is 0 Å². The largest absolute Gasteiger partial charge is 0.491 e. The maximum absolute atomic E-state index is 13.3. The molecule has 0 unspecified atom stereocenters. The van der Waals surface area contributed by atoms with E-state index in [1.807, 2.05) is 13.8 Å². The molecule has 0 amide bonds. The molecule has 1 aromatic rings. The fourth-order valence-electron chi connectivity index (χ4n) is 1.97. The first-order chi connectivity index (χ1) is 8.67. The molecule has 2 nitrogen and oxygen atoms in total. The van der Waals surface area contributed by atoms with E-state index in [2.05, 4.69) is 6.07 Å². The van der Waals surface area contributed by atoms with E-state index in [-0.39, 0.29) is 17.0 Å². The van der Waals surface area contributed by atoms with Crippen LogP contribution in [0.15, 0.2) is 24.3 Å². The Hall–Kier alpha value is -1.56. The minimum Gasteiger partial charge on any atom is -0.491 e. The van der Waals surface area contributed by atoms with Crippen molar-refractivity contribution in [3.63, 3.8) is 0 Å². The fourth-order valence-corrected chi connectivity index (χ4v) is 1.97. The lowest BCUT2D eigenvalue weighted by Crippen LogP contribution is -2.17. The summed E-state index contributed by atoms with van der Waals surface area (Å²) >= 11 is 0. The molecular formula is C15H20FNO. The molecule has 0 radical (unpaired) electrons. The smallest absolute Gasteiger partial charge is 0.165 e. The van der Waals surface area contributed by atoms with Crippen molar-refractivity contribution in [3.05, 3.63) is 30.1 Å². The van der Waals surface area contributed by atoms with Crippen molar-refractivity contribution in [1.29, 1.82) is 5.26 Å². The van der Waals surface area contributed by atoms with E-state index in [1.165, 1.54) is 6.07 Å². The number of rotatable bonds is 7. The standard InChI is InChI=1S/C15H20FNO/c1-3-15(4-2,12-17)10-7-11-18-14-9-6-5-8-13(14)16/h5-6,8-9H,3-4,7,10-11H2,1-2H3. The summed E-state index contributed by atoms with van der Waals surface area (Å²) < 4.78 is 18.7. The molecule has 98 valence electrons. The molecule has 0 aliphatic carbocycles. The normalized spacial score (nSPS) is 11.0. The van der Waals surface area contributed by atoms with Gasteiger partial charge >= 0.3 is 0 Å². The van der Waals surface area contributed by atoms with Crippen molar-refractivity contribution in [2.75, 3.05) is 6.61 Å². The molecular weight excluding hydrogens is 229 g/mol. The lowest BCUT2D eigenvalue weighted by atomic mass is 9.80. The first kappa shape index (κ1) is 14.5. The van der Waals surface area contributed by atoms with Gasteiger partial charge in [0.1, 0.15) is 0 Å².